The van der Waals surface area contributed by atoms with E-state index in [4.69, 9.17) is 14.7 Å². The quantitative estimate of drug-likeness (QED) is 0.269. The topological polar surface area (TPSA) is 81.2 Å². The molecule has 3 aromatic rings. The maximum Gasteiger partial charge on any atom is 0.338 e. The monoisotopic (exact) mass is 481 g/mol. The highest BCUT2D eigenvalue weighted by Crippen LogP contribution is 2.44. The number of thiophene rings is 1. The molecular weight excluding hydrogens is 454 g/mol. The van der Waals surface area contributed by atoms with Gasteiger partial charge in [0.15, 0.2) is 0 Å². The van der Waals surface area contributed by atoms with E-state index in [0.717, 1.165) is 41.4 Å². The molecule has 0 radical (unpaired) electrons. The number of rotatable bonds is 7. The van der Waals surface area contributed by atoms with Gasteiger partial charge in [-0.1, -0.05) is 18.7 Å². The number of anilines is 1. The van der Waals surface area contributed by atoms with Crippen LogP contribution in [-0.2, 0) is 22.4 Å². The minimum absolute atomic E-state index is 0.0960. The summed E-state index contributed by atoms with van der Waals surface area (Å²) >= 11 is 3.32. The molecular formula is C25H27N3O3S2. The Hall–Kier alpha value is -2.45. The lowest BCUT2D eigenvalue weighted by Crippen LogP contribution is -2.14. The second kappa shape index (κ2) is 9.43. The van der Waals surface area contributed by atoms with Crippen molar-refractivity contribution in [2.45, 2.75) is 56.9 Å². The first-order chi connectivity index (χ1) is 16.0. The second-order valence-electron chi connectivity index (χ2n) is 8.83. The Morgan fingerprint density at radius 2 is 1.97 bits per heavy atom. The number of aromatic nitrogens is 2. The van der Waals surface area contributed by atoms with Crippen LogP contribution in [0, 0.1) is 5.92 Å². The first kappa shape index (κ1) is 22.3. The number of carbonyl (C=O) groups is 2. The third kappa shape index (κ3) is 4.92. The summed E-state index contributed by atoms with van der Waals surface area (Å²) in [6, 6.07) is 6.77. The Morgan fingerprint density at radius 3 is 2.70 bits per heavy atom. The lowest BCUT2D eigenvalue weighted by atomic mass is 9.89. The van der Waals surface area contributed by atoms with E-state index in [1.54, 1.807) is 31.2 Å². The Labute approximate surface area is 201 Å². The number of benzene rings is 1. The number of carbonyl (C=O) groups excluding carboxylic acids is 2. The summed E-state index contributed by atoms with van der Waals surface area (Å²) in [6.45, 7) is 4.42. The predicted molar refractivity (Wildman–Crippen MR) is 132 cm³/mol. The molecule has 0 saturated heterocycles. The number of aryl methyl sites for hydroxylation is 1. The van der Waals surface area contributed by atoms with Gasteiger partial charge in [0, 0.05) is 21.9 Å². The van der Waals surface area contributed by atoms with E-state index in [9.17, 15) is 9.59 Å². The molecule has 8 heteroatoms. The number of ether oxygens (including phenoxy) is 1. The number of thioether (sulfide) groups is 1. The molecule has 0 aliphatic heterocycles. The van der Waals surface area contributed by atoms with Crippen molar-refractivity contribution in [1.82, 2.24) is 9.97 Å². The van der Waals surface area contributed by atoms with Crippen molar-refractivity contribution in [3.63, 3.8) is 0 Å². The van der Waals surface area contributed by atoms with Crippen molar-refractivity contribution < 1.29 is 14.3 Å². The third-order valence-electron chi connectivity index (χ3n) is 6.10. The minimum atomic E-state index is -0.362. The van der Waals surface area contributed by atoms with Crippen molar-refractivity contribution in [1.29, 1.82) is 0 Å². The van der Waals surface area contributed by atoms with Gasteiger partial charge in [-0.2, -0.15) is 0 Å². The van der Waals surface area contributed by atoms with Crippen molar-refractivity contribution in [2.75, 3.05) is 17.7 Å². The first-order valence-corrected chi connectivity index (χ1v) is 13.3. The molecule has 0 spiro atoms. The highest BCUT2D eigenvalue weighted by atomic mass is 32.2. The van der Waals surface area contributed by atoms with Crippen LogP contribution in [-0.4, -0.2) is 34.2 Å². The minimum Gasteiger partial charge on any atom is -0.462 e. The number of fused-ring (bicyclic) bond motifs is 3. The maximum atomic E-state index is 12.7. The first-order valence-electron chi connectivity index (χ1n) is 11.5. The SMILES string of the molecule is CCOC(=O)c1ccc(NC(=O)CSc2nc(C3CC3)nc3sc4c(c23)CC[C@@H](C)C4)cc1. The molecule has 2 aliphatic rings. The molecule has 2 aliphatic carbocycles. The molecule has 0 unspecified atom stereocenters. The zero-order valence-corrected chi connectivity index (χ0v) is 20.5. The summed E-state index contributed by atoms with van der Waals surface area (Å²) in [5, 5.41) is 5.03. The number of esters is 1. The summed E-state index contributed by atoms with van der Waals surface area (Å²) in [4.78, 5) is 36.8. The molecule has 1 amide bonds. The average molecular weight is 482 g/mol. The summed E-state index contributed by atoms with van der Waals surface area (Å²) in [6.07, 6.45) is 5.67. The van der Waals surface area contributed by atoms with Gasteiger partial charge in [-0.25, -0.2) is 14.8 Å². The number of amides is 1. The summed E-state index contributed by atoms with van der Waals surface area (Å²) in [5.74, 6) is 1.93. The van der Waals surface area contributed by atoms with E-state index in [0.29, 0.717) is 29.7 Å². The molecule has 1 atom stereocenters. The van der Waals surface area contributed by atoms with Gasteiger partial charge in [-0.05, 0) is 74.8 Å². The second-order valence-corrected chi connectivity index (χ2v) is 10.9. The third-order valence-corrected chi connectivity index (χ3v) is 8.23. The Bertz CT molecular complexity index is 1200. The van der Waals surface area contributed by atoms with Crippen LogP contribution >= 0.6 is 23.1 Å². The van der Waals surface area contributed by atoms with E-state index >= 15 is 0 Å². The van der Waals surface area contributed by atoms with Crippen LogP contribution < -0.4 is 5.32 Å². The van der Waals surface area contributed by atoms with Gasteiger partial charge in [0.2, 0.25) is 5.91 Å². The van der Waals surface area contributed by atoms with E-state index in [1.807, 2.05) is 11.3 Å². The Kier molecular flexibility index (Phi) is 6.38. The fraction of sp³-hybridized carbons (Fsp3) is 0.440. The Morgan fingerprint density at radius 1 is 1.18 bits per heavy atom. The van der Waals surface area contributed by atoms with Crippen LogP contribution in [0.3, 0.4) is 0 Å². The molecule has 1 aromatic carbocycles. The average Bonchev–Trinajstić information content (AvgIpc) is 3.59. The van der Waals surface area contributed by atoms with E-state index in [-0.39, 0.29) is 17.6 Å². The fourth-order valence-corrected chi connectivity index (χ4v) is 6.50. The summed E-state index contributed by atoms with van der Waals surface area (Å²) in [7, 11) is 0. The van der Waals surface area contributed by atoms with Crippen LogP contribution in [0.5, 0.6) is 0 Å². The summed E-state index contributed by atoms with van der Waals surface area (Å²) < 4.78 is 5.00. The predicted octanol–water partition coefficient (Wildman–Crippen LogP) is 5.60. The molecule has 2 aromatic heterocycles. The van der Waals surface area contributed by atoms with Gasteiger partial charge >= 0.3 is 5.97 Å². The number of hydrogen-bond acceptors (Lipinski definition) is 7. The normalized spacial score (nSPS) is 17.6. The molecule has 1 fully saturated rings. The number of nitrogens with one attached hydrogen (secondary N) is 1. The molecule has 172 valence electrons. The molecule has 0 bridgehead atoms. The molecule has 1 N–H and O–H groups in total. The van der Waals surface area contributed by atoms with Gasteiger partial charge in [0.1, 0.15) is 15.7 Å². The van der Waals surface area contributed by atoms with Crippen LogP contribution in [0.2, 0.25) is 0 Å². The van der Waals surface area contributed by atoms with Crippen molar-refractivity contribution in [2.24, 2.45) is 5.92 Å². The van der Waals surface area contributed by atoms with Crippen molar-refractivity contribution in [3.05, 3.63) is 46.1 Å². The van der Waals surface area contributed by atoms with Crippen molar-refractivity contribution >= 4 is 50.9 Å². The number of hydrogen-bond donors (Lipinski definition) is 1. The fourth-order valence-electron chi connectivity index (χ4n) is 4.19. The van der Waals surface area contributed by atoms with Crippen LogP contribution in [0.1, 0.15) is 65.7 Å². The standard InChI is InChI=1S/C25H27N3O3S2/c1-3-31-25(30)16-7-9-17(10-8-16)26-20(29)13-32-23-21-18-11-4-14(2)12-19(18)33-24(21)28-22(27-23)15-5-6-15/h7-10,14-15H,3-6,11-13H2,1-2H3,(H,26,29)/t14-/m1/s1. The van der Waals surface area contributed by atoms with E-state index in [2.05, 4.69) is 12.2 Å². The van der Waals surface area contributed by atoms with Gasteiger partial charge in [0.25, 0.3) is 0 Å². The molecule has 6 nitrogen and oxygen atoms in total. The highest BCUT2D eigenvalue weighted by molar-refractivity contribution is 8.00. The van der Waals surface area contributed by atoms with Gasteiger partial charge < -0.3 is 10.1 Å². The molecule has 33 heavy (non-hydrogen) atoms. The summed E-state index contributed by atoms with van der Waals surface area (Å²) in [5.41, 5.74) is 2.52. The molecule has 5 rings (SSSR count). The largest absolute Gasteiger partial charge is 0.462 e. The highest BCUT2D eigenvalue weighted by Gasteiger charge is 2.30. The molecule has 2 heterocycles. The van der Waals surface area contributed by atoms with E-state index < -0.39 is 0 Å². The van der Waals surface area contributed by atoms with Gasteiger partial charge in [-0.15, -0.1) is 11.3 Å². The molecule has 1 saturated carbocycles. The van der Waals surface area contributed by atoms with Crippen LogP contribution in [0.4, 0.5) is 5.69 Å². The van der Waals surface area contributed by atoms with Crippen LogP contribution in [0.15, 0.2) is 29.3 Å². The van der Waals surface area contributed by atoms with Gasteiger partial charge in [0.05, 0.1) is 17.9 Å². The van der Waals surface area contributed by atoms with E-state index in [1.165, 1.54) is 34.0 Å². The number of nitrogens with zero attached hydrogens (tertiary/aromatic N) is 2. The maximum absolute atomic E-state index is 12.7. The zero-order chi connectivity index (χ0) is 22.9. The smallest absolute Gasteiger partial charge is 0.338 e. The van der Waals surface area contributed by atoms with Crippen molar-refractivity contribution in [3.8, 4) is 0 Å². The lowest BCUT2D eigenvalue weighted by molar-refractivity contribution is -0.113. The Balaban J connectivity index is 1.31. The zero-order valence-electron chi connectivity index (χ0n) is 18.8. The lowest BCUT2D eigenvalue weighted by Gasteiger charge is -2.18. The van der Waals surface area contributed by atoms with Gasteiger partial charge in [-0.3, -0.25) is 4.79 Å². The van der Waals surface area contributed by atoms with Crippen LogP contribution in [0.25, 0.3) is 10.2 Å².